The van der Waals surface area contributed by atoms with Crippen molar-refractivity contribution in [3.8, 4) is 0 Å². The lowest BCUT2D eigenvalue weighted by atomic mass is 10.1. The van der Waals surface area contributed by atoms with E-state index in [1.807, 2.05) is 19.1 Å². The molecule has 0 unspecified atom stereocenters. The van der Waals surface area contributed by atoms with Gasteiger partial charge in [-0.2, -0.15) is 0 Å². The van der Waals surface area contributed by atoms with Crippen molar-refractivity contribution >= 4 is 38.8 Å². The van der Waals surface area contributed by atoms with Gasteiger partial charge in [-0.25, -0.2) is 4.79 Å². The molecule has 1 heterocycles. The maximum absolute atomic E-state index is 12.1. The molecule has 2 aromatic rings. The fourth-order valence-electron chi connectivity index (χ4n) is 2.53. The van der Waals surface area contributed by atoms with E-state index in [0.717, 1.165) is 16.3 Å². The molecule has 2 atom stereocenters. The number of esters is 2. The van der Waals surface area contributed by atoms with Gasteiger partial charge in [0.2, 0.25) is 5.76 Å². The molecule has 1 aliphatic carbocycles. The van der Waals surface area contributed by atoms with Crippen molar-refractivity contribution in [2.24, 2.45) is 11.8 Å². The summed E-state index contributed by atoms with van der Waals surface area (Å²) in [5.74, 6) is -0.327. The summed E-state index contributed by atoms with van der Waals surface area (Å²) in [4.78, 5) is 24.0. The van der Waals surface area contributed by atoms with Crippen molar-refractivity contribution < 1.29 is 23.5 Å². The summed E-state index contributed by atoms with van der Waals surface area (Å²) >= 11 is 3.40. The summed E-state index contributed by atoms with van der Waals surface area (Å²) in [7, 11) is 0. The van der Waals surface area contributed by atoms with Crippen LogP contribution in [0.3, 0.4) is 0 Å². The zero-order valence-electron chi connectivity index (χ0n) is 12.9. The maximum Gasteiger partial charge on any atom is 0.374 e. The van der Waals surface area contributed by atoms with Crippen LogP contribution in [0.2, 0.25) is 0 Å². The second-order valence-electron chi connectivity index (χ2n) is 5.70. The first-order valence-electron chi connectivity index (χ1n) is 7.56. The molecule has 0 bridgehead atoms. The summed E-state index contributed by atoms with van der Waals surface area (Å²) in [6.45, 7) is 3.99. The van der Waals surface area contributed by atoms with Gasteiger partial charge in [0, 0.05) is 9.86 Å². The molecule has 3 rings (SSSR count). The molecule has 5 nitrogen and oxygen atoms in total. The number of rotatable bonds is 5. The first kappa shape index (κ1) is 16.1. The van der Waals surface area contributed by atoms with E-state index >= 15 is 0 Å². The van der Waals surface area contributed by atoms with Crippen LogP contribution in [0.1, 0.15) is 36.4 Å². The molecule has 0 spiro atoms. The van der Waals surface area contributed by atoms with Crippen LogP contribution in [0.15, 0.2) is 27.1 Å². The number of hydrogen-bond donors (Lipinski definition) is 0. The van der Waals surface area contributed by atoms with E-state index in [0.29, 0.717) is 17.1 Å². The van der Waals surface area contributed by atoms with Crippen LogP contribution in [0.4, 0.5) is 0 Å². The maximum atomic E-state index is 12.1. The predicted octanol–water partition coefficient (Wildman–Crippen LogP) is 4.07. The zero-order valence-corrected chi connectivity index (χ0v) is 14.5. The minimum atomic E-state index is -0.550. The Kier molecular flexibility index (Phi) is 4.43. The van der Waals surface area contributed by atoms with E-state index in [1.165, 1.54) is 0 Å². The van der Waals surface area contributed by atoms with Crippen LogP contribution < -0.4 is 0 Å². The first-order chi connectivity index (χ1) is 11.0. The van der Waals surface area contributed by atoms with Crippen molar-refractivity contribution in [2.45, 2.75) is 26.9 Å². The molecule has 0 radical (unpaired) electrons. The molecule has 23 heavy (non-hydrogen) atoms. The lowest BCUT2D eigenvalue weighted by Gasteiger charge is -2.05. The highest BCUT2D eigenvalue weighted by atomic mass is 79.9. The molecule has 0 amide bonds. The number of ether oxygens (including phenoxy) is 2. The van der Waals surface area contributed by atoms with Gasteiger partial charge in [0.05, 0.1) is 18.1 Å². The normalized spacial score (nSPS) is 19.6. The average Bonchev–Trinajstić information content (AvgIpc) is 3.14. The van der Waals surface area contributed by atoms with E-state index in [2.05, 4.69) is 15.9 Å². The molecule has 0 saturated heterocycles. The Balaban J connectivity index is 1.91. The molecule has 1 saturated carbocycles. The van der Waals surface area contributed by atoms with Crippen molar-refractivity contribution in [1.29, 1.82) is 0 Å². The van der Waals surface area contributed by atoms with Gasteiger partial charge in [-0.1, -0.05) is 22.9 Å². The first-order valence-corrected chi connectivity index (χ1v) is 8.35. The molecule has 1 aliphatic rings. The summed E-state index contributed by atoms with van der Waals surface area (Å²) < 4.78 is 16.9. The van der Waals surface area contributed by atoms with E-state index in [4.69, 9.17) is 13.9 Å². The number of furan rings is 1. The highest BCUT2D eigenvalue weighted by molar-refractivity contribution is 9.10. The Morgan fingerprint density at radius 2 is 2.09 bits per heavy atom. The molecule has 0 N–H and O–H groups in total. The topological polar surface area (TPSA) is 65.7 Å². The third kappa shape index (κ3) is 3.27. The zero-order chi connectivity index (χ0) is 16.6. The lowest BCUT2D eigenvalue weighted by Crippen LogP contribution is -2.11. The number of fused-ring (bicyclic) bond motifs is 1. The molecule has 1 aromatic heterocycles. The summed E-state index contributed by atoms with van der Waals surface area (Å²) in [6.07, 6.45) is 0.862. The third-order valence-corrected chi connectivity index (χ3v) is 4.48. The van der Waals surface area contributed by atoms with Gasteiger partial charge in [0.15, 0.2) is 0 Å². The molecule has 0 aliphatic heterocycles. The lowest BCUT2D eigenvalue weighted by molar-refractivity contribution is -0.146. The second kappa shape index (κ2) is 6.35. The molecule has 1 aromatic carbocycles. The van der Waals surface area contributed by atoms with Gasteiger partial charge < -0.3 is 13.9 Å². The third-order valence-electron chi connectivity index (χ3n) is 3.98. The molecule has 1 fully saturated rings. The van der Waals surface area contributed by atoms with Crippen LogP contribution in [0, 0.1) is 11.8 Å². The molecular weight excluding hydrogens is 364 g/mol. The number of carbonyl (C=O) groups excluding carboxylic acids is 2. The highest BCUT2D eigenvalue weighted by Gasteiger charge is 2.40. The molecular formula is C17H17BrO5. The Hall–Kier alpha value is -1.82. The van der Waals surface area contributed by atoms with Gasteiger partial charge in [-0.15, -0.1) is 0 Å². The minimum absolute atomic E-state index is 0.000343. The van der Waals surface area contributed by atoms with Gasteiger partial charge in [-0.3, -0.25) is 4.79 Å². The number of halogens is 1. The van der Waals surface area contributed by atoms with Crippen LogP contribution >= 0.6 is 15.9 Å². The van der Waals surface area contributed by atoms with Crippen LogP contribution in [0.5, 0.6) is 0 Å². The van der Waals surface area contributed by atoms with E-state index in [1.54, 1.807) is 13.0 Å². The van der Waals surface area contributed by atoms with Crippen LogP contribution in [0.25, 0.3) is 11.0 Å². The highest BCUT2D eigenvalue weighted by Crippen LogP contribution is 2.39. The molecule has 6 heteroatoms. The molecule has 122 valence electrons. The Morgan fingerprint density at radius 1 is 1.35 bits per heavy atom. The second-order valence-corrected chi connectivity index (χ2v) is 6.61. The van der Waals surface area contributed by atoms with Gasteiger partial charge in [0.25, 0.3) is 0 Å². The van der Waals surface area contributed by atoms with Gasteiger partial charge >= 0.3 is 11.9 Å². The van der Waals surface area contributed by atoms with Gasteiger partial charge in [-0.05, 0) is 37.5 Å². The Morgan fingerprint density at radius 3 is 2.74 bits per heavy atom. The standard InChI is InChI=1S/C17H17BrO5/c1-3-21-17(20)15-13(8-22-16(19)11-6-9(11)2)12-7-10(18)4-5-14(12)23-15/h4-5,7,9,11H,3,6,8H2,1-2H3/t9-,11-/m1/s1. The Bertz CT molecular complexity index is 764. The van der Waals surface area contributed by atoms with E-state index < -0.39 is 5.97 Å². The monoisotopic (exact) mass is 380 g/mol. The van der Waals surface area contributed by atoms with Crippen molar-refractivity contribution in [3.05, 3.63) is 34.0 Å². The van der Waals surface area contributed by atoms with E-state index in [-0.39, 0.29) is 30.9 Å². The number of carbonyl (C=O) groups is 2. The number of benzene rings is 1. The summed E-state index contributed by atoms with van der Waals surface area (Å²) in [5.41, 5.74) is 1.10. The van der Waals surface area contributed by atoms with Crippen molar-refractivity contribution in [3.63, 3.8) is 0 Å². The van der Waals surface area contributed by atoms with Crippen LogP contribution in [-0.2, 0) is 20.9 Å². The smallest absolute Gasteiger partial charge is 0.374 e. The summed E-state index contributed by atoms with van der Waals surface area (Å²) in [5, 5.41) is 0.735. The van der Waals surface area contributed by atoms with Crippen molar-refractivity contribution in [2.75, 3.05) is 6.61 Å². The number of hydrogen-bond acceptors (Lipinski definition) is 5. The average molecular weight is 381 g/mol. The fourth-order valence-corrected chi connectivity index (χ4v) is 2.89. The van der Waals surface area contributed by atoms with Gasteiger partial charge in [0.1, 0.15) is 12.2 Å². The summed E-state index contributed by atoms with van der Waals surface area (Å²) in [6, 6.07) is 5.42. The fraction of sp³-hybridized carbons (Fsp3) is 0.412. The predicted molar refractivity (Wildman–Crippen MR) is 86.9 cm³/mol. The quantitative estimate of drug-likeness (QED) is 0.731. The van der Waals surface area contributed by atoms with E-state index in [9.17, 15) is 9.59 Å². The SMILES string of the molecule is CCOC(=O)c1oc2ccc(Br)cc2c1COC(=O)[C@@H]1C[C@H]1C. The largest absolute Gasteiger partial charge is 0.460 e. The van der Waals surface area contributed by atoms with Crippen LogP contribution in [-0.4, -0.2) is 18.5 Å². The minimum Gasteiger partial charge on any atom is -0.460 e. The Labute approximate surface area is 142 Å². The van der Waals surface area contributed by atoms with Crippen molar-refractivity contribution in [1.82, 2.24) is 0 Å².